The maximum absolute atomic E-state index is 14.1. The molecule has 3 saturated heterocycles. The number of carbonyl (C=O) groups is 4. The summed E-state index contributed by atoms with van der Waals surface area (Å²) in [6.45, 7) is 11.0. The number of para-hydroxylation sites is 1. The molecule has 0 bridgehead atoms. The Labute approximate surface area is 251 Å². The number of aromatic nitrogens is 1. The maximum Gasteiger partial charge on any atom is 0.272 e. The molecule has 0 spiro atoms. The molecule has 2 aromatic rings. The van der Waals surface area contributed by atoms with Crippen molar-refractivity contribution in [2.24, 2.45) is 11.8 Å². The highest BCUT2D eigenvalue weighted by atomic mass is 32.1. The van der Waals surface area contributed by atoms with E-state index in [1.54, 1.807) is 22.8 Å². The summed E-state index contributed by atoms with van der Waals surface area (Å²) in [5.41, 5.74) is 0.867. The fourth-order valence-corrected chi connectivity index (χ4v) is 7.08. The van der Waals surface area contributed by atoms with Crippen molar-refractivity contribution in [3.05, 3.63) is 35.3 Å². The first-order valence-electron chi connectivity index (χ1n) is 14.9. The van der Waals surface area contributed by atoms with Crippen molar-refractivity contribution in [1.29, 1.82) is 0 Å². The van der Waals surface area contributed by atoms with E-state index in [4.69, 9.17) is 4.84 Å². The summed E-state index contributed by atoms with van der Waals surface area (Å²) < 4.78 is 1.03. The fourth-order valence-electron chi connectivity index (χ4n) is 6.21. The summed E-state index contributed by atoms with van der Waals surface area (Å²) >= 11 is 1.49. The third-order valence-electron chi connectivity index (χ3n) is 8.25. The van der Waals surface area contributed by atoms with Crippen molar-refractivity contribution in [1.82, 2.24) is 24.7 Å². The molecule has 0 N–H and O–H groups in total. The average molecular weight is 596 g/mol. The van der Waals surface area contributed by atoms with Gasteiger partial charge < -0.3 is 14.7 Å². The highest BCUT2D eigenvalue weighted by Crippen LogP contribution is 2.34. The SMILES string of the molecule is CC(=O)N1CCC(N2C[C@@H]3N(C(=O)/C=C/c4nc5ccccc5s4)O[C@H](CC(C)C)C(=O)N3[C@@H](CC(C)C)C2=O)CC1. The van der Waals surface area contributed by atoms with E-state index in [0.717, 1.165) is 10.2 Å². The van der Waals surface area contributed by atoms with Gasteiger partial charge in [0, 0.05) is 32.1 Å². The van der Waals surface area contributed by atoms with E-state index in [1.165, 1.54) is 22.5 Å². The molecule has 5 rings (SSSR count). The van der Waals surface area contributed by atoms with E-state index >= 15 is 0 Å². The van der Waals surface area contributed by atoms with Crippen LogP contribution in [0.15, 0.2) is 30.3 Å². The van der Waals surface area contributed by atoms with E-state index in [-0.39, 0.29) is 42.1 Å². The molecule has 3 atom stereocenters. The molecule has 1 aromatic heterocycles. The molecule has 42 heavy (non-hydrogen) atoms. The van der Waals surface area contributed by atoms with Crippen LogP contribution in [0.5, 0.6) is 0 Å². The Bertz CT molecular complexity index is 1330. The van der Waals surface area contributed by atoms with Gasteiger partial charge in [-0.05, 0) is 55.7 Å². The molecular formula is C31H41N5O5S. The first kappa shape index (κ1) is 30.2. The molecule has 4 amide bonds. The Hall–Kier alpha value is -3.31. The first-order chi connectivity index (χ1) is 20.0. The minimum atomic E-state index is -0.853. The summed E-state index contributed by atoms with van der Waals surface area (Å²) in [6.07, 6.45) is 3.76. The third-order valence-corrected chi connectivity index (χ3v) is 9.25. The Morgan fingerprint density at radius 2 is 1.74 bits per heavy atom. The van der Waals surface area contributed by atoms with Gasteiger partial charge in [-0.1, -0.05) is 39.8 Å². The monoisotopic (exact) mass is 595 g/mol. The number of hydroxylamine groups is 2. The number of benzene rings is 1. The summed E-state index contributed by atoms with van der Waals surface area (Å²) in [5.74, 6) is -0.384. The predicted molar refractivity (Wildman–Crippen MR) is 161 cm³/mol. The van der Waals surface area contributed by atoms with Crippen LogP contribution >= 0.6 is 11.3 Å². The Kier molecular flexibility index (Phi) is 8.98. The van der Waals surface area contributed by atoms with Crippen LogP contribution in [0.2, 0.25) is 0 Å². The molecule has 0 radical (unpaired) electrons. The number of thiazole rings is 1. The number of piperazine rings is 1. The van der Waals surface area contributed by atoms with E-state index in [1.807, 2.05) is 56.9 Å². The van der Waals surface area contributed by atoms with E-state index < -0.39 is 24.2 Å². The zero-order chi connectivity index (χ0) is 30.1. The second-order valence-electron chi connectivity index (χ2n) is 12.3. The normalized spacial score (nSPS) is 24.0. The van der Waals surface area contributed by atoms with Crippen LogP contribution in [0.25, 0.3) is 16.3 Å². The molecule has 0 unspecified atom stereocenters. The molecule has 226 valence electrons. The number of likely N-dealkylation sites (tertiary alicyclic amines) is 1. The number of hydrogen-bond acceptors (Lipinski definition) is 7. The molecule has 3 fully saturated rings. The molecule has 0 saturated carbocycles. The van der Waals surface area contributed by atoms with Gasteiger partial charge in [0.25, 0.3) is 11.8 Å². The average Bonchev–Trinajstić information content (AvgIpc) is 3.37. The molecule has 4 heterocycles. The number of amides is 4. The maximum atomic E-state index is 14.1. The lowest BCUT2D eigenvalue weighted by atomic mass is 9.93. The van der Waals surface area contributed by atoms with Crippen LogP contribution < -0.4 is 0 Å². The van der Waals surface area contributed by atoms with E-state index in [0.29, 0.717) is 43.8 Å². The van der Waals surface area contributed by atoms with Gasteiger partial charge in [0.2, 0.25) is 11.8 Å². The van der Waals surface area contributed by atoms with Crippen molar-refractivity contribution in [2.75, 3.05) is 19.6 Å². The highest BCUT2D eigenvalue weighted by Gasteiger charge is 2.53. The Morgan fingerprint density at radius 3 is 2.38 bits per heavy atom. The van der Waals surface area contributed by atoms with Gasteiger partial charge in [-0.2, -0.15) is 5.06 Å². The number of fused-ring (bicyclic) bond motifs is 2. The van der Waals surface area contributed by atoms with Crippen LogP contribution in [-0.4, -0.2) is 92.4 Å². The first-order valence-corrected chi connectivity index (χ1v) is 15.8. The number of piperidine rings is 1. The van der Waals surface area contributed by atoms with Gasteiger partial charge in [0.1, 0.15) is 11.0 Å². The largest absolute Gasteiger partial charge is 0.343 e. The van der Waals surface area contributed by atoms with Crippen LogP contribution in [0.4, 0.5) is 0 Å². The molecule has 3 aliphatic rings. The van der Waals surface area contributed by atoms with Gasteiger partial charge in [-0.15, -0.1) is 11.3 Å². The summed E-state index contributed by atoms with van der Waals surface area (Å²) in [7, 11) is 0. The smallest absolute Gasteiger partial charge is 0.272 e. The van der Waals surface area contributed by atoms with E-state index in [2.05, 4.69) is 4.98 Å². The lowest BCUT2D eigenvalue weighted by Gasteiger charge is -2.55. The number of rotatable bonds is 7. The van der Waals surface area contributed by atoms with E-state index in [9.17, 15) is 19.2 Å². The summed E-state index contributed by atoms with van der Waals surface area (Å²) in [4.78, 5) is 69.7. The second-order valence-corrected chi connectivity index (χ2v) is 13.4. The van der Waals surface area contributed by atoms with Crippen molar-refractivity contribution in [2.45, 2.75) is 84.7 Å². The lowest BCUT2D eigenvalue weighted by Crippen LogP contribution is -2.74. The van der Waals surface area contributed by atoms with Gasteiger partial charge in [-0.25, -0.2) is 4.98 Å². The number of nitrogens with zero attached hydrogens (tertiary/aromatic N) is 5. The van der Waals surface area contributed by atoms with Crippen molar-refractivity contribution in [3.63, 3.8) is 0 Å². The highest BCUT2D eigenvalue weighted by molar-refractivity contribution is 7.19. The molecular weight excluding hydrogens is 554 g/mol. The minimum Gasteiger partial charge on any atom is -0.343 e. The van der Waals surface area contributed by atoms with Crippen LogP contribution in [0, 0.1) is 11.8 Å². The molecule has 11 heteroatoms. The quantitative estimate of drug-likeness (QED) is 0.450. The lowest BCUT2D eigenvalue weighted by molar-refractivity contribution is -0.275. The van der Waals surface area contributed by atoms with Crippen LogP contribution in [0.3, 0.4) is 0 Å². The summed E-state index contributed by atoms with van der Waals surface area (Å²) in [5, 5.41) is 2.01. The van der Waals surface area contributed by atoms with Crippen LogP contribution in [0.1, 0.15) is 65.3 Å². The standard InChI is InChI=1S/C31H41N5O5S/c1-19(2)16-24-30(39)34(22-12-14-33(15-13-22)21(5)37)18-28-35(24)31(40)25(17-20(3)4)41-36(28)29(38)11-10-27-32-23-8-6-7-9-26(23)42-27/h6-11,19-20,22,24-25,28H,12-18H2,1-5H3/b11-10+/t24-,25+,28-/m0/s1. The topological polar surface area (TPSA) is 103 Å². The van der Waals surface area contributed by atoms with Gasteiger partial charge >= 0.3 is 0 Å². The zero-order valence-electron chi connectivity index (χ0n) is 25.1. The molecule has 0 aliphatic carbocycles. The zero-order valence-corrected chi connectivity index (χ0v) is 25.9. The summed E-state index contributed by atoms with van der Waals surface area (Å²) in [6, 6.07) is 7.03. The van der Waals surface area contributed by atoms with Crippen LogP contribution in [-0.2, 0) is 24.0 Å². The van der Waals surface area contributed by atoms with Gasteiger partial charge in [-0.3, -0.25) is 24.0 Å². The molecule has 1 aromatic carbocycles. The minimum absolute atomic E-state index is 0.0291. The Morgan fingerprint density at radius 1 is 1.05 bits per heavy atom. The van der Waals surface area contributed by atoms with Crippen molar-refractivity contribution >= 4 is 51.3 Å². The molecule has 3 aliphatic heterocycles. The number of hydrogen-bond donors (Lipinski definition) is 0. The molecule has 10 nitrogen and oxygen atoms in total. The fraction of sp³-hybridized carbons (Fsp3) is 0.581. The van der Waals surface area contributed by atoms with Crippen molar-refractivity contribution in [3.8, 4) is 0 Å². The third kappa shape index (κ3) is 6.22. The predicted octanol–water partition coefficient (Wildman–Crippen LogP) is 3.92. The second kappa shape index (κ2) is 12.5. The van der Waals surface area contributed by atoms with Gasteiger partial charge in [0.05, 0.1) is 16.8 Å². The van der Waals surface area contributed by atoms with Crippen molar-refractivity contribution < 1.29 is 24.0 Å². The van der Waals surface area contributed by atoms with Gasteiger partial charge in [0.15, 0.2) is 12.3 Å². The number of carbonyl (C=O) groups excluding carboxylic acids is 4. The Balaban J connectivity index is 1.46.